The molecular weight excluding hydrogens is 328 g/mol. The zero-order chi connectivity index (χ0) is 19.9. The summed E-state index contributed by atoms with van der Waals surface area (Å²) in [7, 11) is 0. The van der Waals surface area contributed by atoms with Gasteiger partial charge in [0.2, 0.25) is 5.91 Å². The molecule has 0 aliphatic carbocycles. The smallest absolute Gasteiger partial charge is 0.264 e. The van der Waals surface area contributed by atoms with Crippen LogP contribution in [0.1, 0.15) is 51.1 Å². The van der Waals surface area contributed by atoms with Gasteiger partial charge in [-0.3, -0.25) is 9.59 Å². The molecule has 6 heteroatoms. The van der Waals surface area contributed by atoms with Crippen molar-refractivity contribution >= 4 is 17.9 Å². The van der Waals surface area contributed by atoms with Crippen molar-refractivity contribution in [3.8, 4) is 6.07 Å². The molecule has 6 nitrogen and oxygen atoms in total. The Morgan fingerprint density at radius 3 is 2.50 bits per heavy atom. The zero-order valence-electron chi connectivity index (χ0n) is 16.7. The number of likely N-dealkylation sites (N-methyl/N-ethyl adjacent to an activating group) is 1. The average molecular weight is 358 g/mol. The van der Waals surface area contributed by atoms with Gasteiger partial charge in [0.1, 0.15) is 11.6 Å². The highest BCUT2D eigenvalue weighted by molar-refractivity contribution is 6.03. The molecule has 142 valence electrons. The van der Waals surface area contributed by atoms with Crippen molar-refractivity contribution in [3.05, 3.63) is 28.6 Å². The molecule has 0 bridgehead atoms. The van der Waals surface area contributed by atoms with Crippen molar-refractivity contribution in [2.24, 2.45) is 0 Å². The monoisotopic (exact) mass is 358 g/mol. The molecule has 1 heterocycles. The van der Waals surface area contributed by atoms with Crippen LogP contribution < -0.4 is 5.32 Å². The van der Waals surface area contributed by atoms with Crippen LogP contribution in [-0.2, 0) is 16.1 Å². The lowest BCUT2D eigenvalue weighted by molar-refractivity contribution is -0.132. The molecule has 0 saturated carbocycles. The van der Waals surface area contributed by atoms with E-state index in [0.717, 1.165) is 29.9 Å². The summed E-state index contributed by atoms with van der Waals surface area (Å²) in [6, 6.07) is 3.99. The number of nitrogens with zero attached hydrogens (tertiary/aromatic N) is 3. The van der Waals surface area contributed by atoms with Gasteiger partial charge in [-0.2, -0.15) is 5.26 Å². The molecule has 0 aliphatic heterocycles. The topological polar surface area (TPSA) is 78.1 Å². The van der Waals surface area contributed by atoms with E-state index < -0.39 is 5.91 Å². The normalized spacial score (nSPS) is 11.4. The van der Waals surface area contributed by atoms with Gasteiger partial charge < -0.3 is 14.8 Å². The van der Waals surface area contributed by atoms with Crippen molar-refractivity contribution in [2.75, 3.05) is 13.1 Å². The Morgan fingerprint density at radius 1 is 1.35 bits per heavy atom. The van der Waals surface area contributed by atoms with Crippen LogP contribution in [0.3, 0.4) is 0 Å². The summed E-state index contributed by atoms with van der Waals surface area (Å²) < 4.78 is 2.18. The Balaban J connectivity index is 3.07. The molecule has 1 aromatic heterocycles. The highest BCUT2D eigenvalue weighted by Gasteiger charge is 2.20. The first kappa shape index (κ1) is 21.5. The number of amides is 2. The number of rotatable bonds is 8. The van der Waals surface area contributed by atoms with E-state index in [1.54, 1.807) is 13.0 Å². The molecule has 1 rings (SSSR count). The van der Waals surface area contributed by atoms with Crippen LogP contribution in [0.5, 0.6) is 0 Å². The van der Waals surface area contributed by atoms with Crippen LogP contribution in [0.2, 0.25) is 0 Å². The summed E-state index contributed by atoms with van der Waals surface area (Å²) in [5.74, 6) is -0.650. The molecule has 1 N–H and O–H groups in total. The lowest BCUT2D eigenvalue weighted by atomic mass is 10.1. The highest BCUT2D eigenvalue weighted by Crippen LogP contribution is 2.19. The summed E-state index contributed by atoms with van der Waals surface area (Å²) in [5, 5.41) is 12.2. The number of carbonyl (C=O) groups excluding carboxylic acids is 2. The maximum absolute atomic E-state index is 12.7. The van der Waals surface area contributed by atoms with E-state index in [-0.39, 0.29) is 24.1 Å². The minimum absolute atomic E-state index is 0.00578. The first-order valence-corrected chi connectivity index (χ1v) is 9.12. The van der Waals surface area contributed by atoms with Crippen molar-refractivity contribution in [3.63, 3.8) is 0 Å². The SMILES string of the molecule is CCCn1c(C)cc(/C=C(/C#N)C(=O)N(CC)CC(=O)NC(C)C)c1C. The third-order valence-corrected chi connectivity index (χ3v) is 4.16. The fraction of sp³-hybridized carbons (Fsp3) is 0.550. The molecule has 0 fully saturated rings. The number of hydrogen-bond donors (Lipinski definition) is 1. The molecule has 0 saturated heterocycles. The number of hydrogen-bond acceptors (Lipinski definition) is 3. The lowest BCUT2D eigenvalue weighted by Crippen LogP contribution is -2.43. The summed E-state index contributed by atoms with van der Waals surface area (Å²) in [6.07, 6.45) is 2.64. The van der Waals surface area contributed by atoms with Gasteiger partial charge in [-0.25, -0.2) is 0 Å². The maximum atomic E-state index is 12.7. The molecule has 0 aromatic carbocycles. The van der Waals surface area contributed by atoms with Crippen molar-refractivity contribution in [2.45, 2.75) is 60.5 Å². The Hall–Kier alpha value is -2.55. The third-order valence-electron chi connectivity index (χ3n) is 4.16. The molecule has 0 atom stereocenters. The van der Waals surface area contributed by atoms with Gasteiger partial charge in [0.25, 0.3) is 5.91 Å². The standard InChI is InChI=1S/C20H30N4O2/c1-7-9-24-15(5)10-17(16(24)6)11-18(12-21)20(26)23(8-2)13-19(25)22-14(3)4/h10-11,14H,7-9,13H2,1-6H3,(H,22,25)/b18-11-. The molecule has 0 spiro atoms. The van der Waals surface area contributed by atoms with Crippen LogP contribution >= 0.6 is 0 Å². The van der Waals surface area contributed by atoms with Gasteiger partial charge >= 0.3 is 0 Å². The van der Waals surface area contributed by atoms with Crippen molar-refractivity contribution in [1.29, 1.82) is 5.26 Å². The number of aryl methyl sites for hydroxylation is 1. The second-order valence-electron chi connectivity index (χ2n) is 6.69. The molecular formula is C20H30N4O2. The zero-order valence-corrected chi connectivity index (χ0v) is 16.7. The van der Waals surface area contributed by atoms with E-state index in [2.05, 4.69) is 16.8 Å². The summed E-state index contributed by atoms with van der Waals surface area (Å²) in [6.45, 7) is 12.8. The second-order valence-corrected chi connectivity index (χ2v) is 6.69. The Bertz CT molecular complexity index is 723. The maximum Gasteiger partial charge on any atom is 0.264 e. The van der Waals surface area contributed by atoms with Gasteiger partial charge in [0, 0.05) is 30.5 Å². The number of carbonyl (C=O) groups is 2. The van der Waals surface area contributed by atoms with E-state index >= 15 is 0 Å². The number of nitrogens with one attached hydrogen (secondary N) is 1. The first-order chi connectivity index (χ1) is 12.2. The minimum Gasteiger partial charge on any atom is -0.352 e. The van der Waals surface area contributed by atoms with Gasteiger partial charge in [0.15, 0.2) is 0 Å². The van der Waals surface area contributed by atoms with E-state index in [9.17, 15) is 14.9 Å². The van der Waals surface area contributed by atoms with E-state index in [1.165, 1.54) is 4.90 Å². The molecule has 0 aliphatic rings. The van der Waals surface area contributed by atoms with Crippen LogP contribution in [0.25, 0.3) is 6.08 Å². The van der Waals surface area contributed by atoms with Gasteiger partial charge in [-0.15, -0.1) is 0 Å². The van der Waals surface area contributed by atoms with E-state index in [4.69, 9.17) is 0 Å². The summed E-state index contributed by atoms with van der Waals surface area (Å²) >= 11 is 0. The molecule has 2 amide bonds. The summed E-state index contributed by atoms with van der Waals surface area (Å²) in [4.78, 5) is 26.1. The molecule has 26 heavy (non-hydrogen) atoms. The predicted octanol–water partition coefficient (Wildman–Crippen LogP) is 2.80. The fourth-order valence-corrected chi connectivity index (χ4v) is 2.88. The van der Waals surface area contributed by atoms with Crippen molar-refractivity contribution in [1.82, 2.24) is 14.8 Å². The van der Waals surface area contributed by atoms with E-state index in [1.807, 2.05) is 39.8 Å². The average Bonchev–Trinajstić information content (AvgIpc) is 2.84. The van der Waals surface area contributed by atoms with Gasteiger partial charge in [-0.05, 0) is 58.7 Å². The number of nitriles is 1. The highest BCUT2D eigenvalue weighted by atomic mass is 16.2. The Labute approximate surface area is 156 Å². The fourth-order valence-electron chi connectivity index (χ4n) is 2.88. The Morgan fingerprint density at radius 2 is 2.00 bits per heavy atom. The molecule has 0 unspecified atom stereocenters. The second kappa shape index (κ2) is 9.81. The number of aromatic nitrogens is 1. The van der Waals surface area contributed by atoms with Crippen LogP contribution in [0.4, 0.5) is 0 Å². The quantitative estimate of drug-likeness (QED) is 0.573. The largest absolute Gasteiger partial charge is 0.352 e. The minimum atomic E-state index is -0.422. The van der Waals surface area contributed by atoms with Crippen LogP contribution in [-0.4, -0.2) is 40.4 Å². The first-order valence-electron chi connectivity index (χ1n) is 9.12. The van der Waals surface area contributed by atoms with E-state index in [0.29, 0.717) is 6.54 Å². The summed E-state index contributed by atoms with van der Waals surface area (Å²) in [5.41, 5.74) is 3.04. The van der Waals surface area contributed by atoms with Gasteiger partial charge in [0.05, 0.1) is 6.54 Å². The van der Waals surface area contributed by atoms with Crippen molar-refractivity contribution < 1.29 is 9.59 Å². The Kier molecular flexibility index (Phi) is 8.11. The lowest BCUT2D eigenvalue weighted by Gasteiger charge is -2.20. The third kappa shape index (κ3) is 5.48. The van der Waals surface area contributed by atoms with Gasteiger partial charge in [-0.1, -0.05) is 6.92 Å². The van der Waals surface area contributed by atoms with Crippen LogP contribution in [0.15, 0.2) is 11.6 Å². The van der Waals surface area contributed by atoms with Crippen LogP contribution in [0, 0.1) is 25.2 Å². The molecule has 0 radical (unpaired) electrons. The predicted molar refractivity (Wildman–Crippen MR) is 103 cm³/mol. The molecule has 1 aromatic rings.